The molecule has 1 atom stereocenters. The lowest BCUT2D eigenvalue weighted by Gasteiger charge is -2.21. The molecule has 0 aliphatic heterocycles. The largest absolute Gasteiger partial charge is 0.465 e. The molecule has 11 nitrogen and oxygen atoms in total. The Morgan fingerprint density at radius 1 is 1.21 bits per heavy atom. The standard InChI is InChI=1S/C30H39FN6O5/c1-18(2)13-22-23(31)15-32-25-14-21(33-27(22)25)17-37-19(3)11-12-24(29(37)40)34-28(39)20(16-36(6)30(41)42)9-7-8-10-26(38)35(4)5/h8,10-12,14-15,18,20,33H,7,9,13,16-17H2,1-6H3,(H,34,39)(H,41,42)/b10-8+/t20-/m0/s1. The van der Waals surface area contributed by atoms with Gasteiger partial charge in [-0.15, -0.1) is 0 Å². The number of fused-ring (bicyclic) bond motifs is 1. The SMILES string of the molecule is Cc1ccc(NC(=O)[C@@H](CC/C=C/C(=O)N(C)C)CN(C)C(=O)O)c(=O)n1Cc1cc2ncc(F)c(CC(C)C)c2[nH]1. The summed E-state index contributed by atoms with van der Waals surface area (Å²) in [5.74, 6) is -1.63. The molecule has 226 valence electrons. The highest BCUT2D eigenvalue weighted by Gasteiger charge is 2.23. The van der Waals surface area contributed by atoms with Gasteiger partial charge in [-0.3, -0.25) is 19.4 Å². The number of aromatic nitrogens is 3. The second-order valence-electron chi connectivity index (χ2n) is 11.1. The number of likely N-dealkylation sites (N-methyl/N-ethyl adjacent to an activating group) is 1. The first-order valence-corrected chi connectivity index (χ1v) is 13.8. The Bertz CT molecular complexity index is 1540. The normalized spacial score (nSPS) is 12.2. The summed E-state index contributed by atoms with van der Waals surface area (Å²) >= 11 is 0. The van der Waals surface area contributed by atoms with Gasteiger partial charge in [0.2, 0.25) is 11.8 Å². The number of aryl methyl sites for hydroxylation is 1. The van der Waals surface area contributed by atoms with Gasteiger partial charge < -0.3 is 29.8 Å². The van der Waals surface area contributed by atoms with E-state index in [1.54, 1.807) is 39.2 Å². The number of amides is 3. The van der Waals surface area contributed by atoms with E-state index in [0.29, 0.717) is 40.8 Å². The van der Waals surface area contributed by atoms with Gasteiger partial charge in [0.1, 0.15) is 11.5 Å². The predicted molar refractivity (Wildman–Crippen MR) is 159 cm³/mol. The molecule has 0 unspecified atom stereocenters. The number of pyridine rings is 2. The molecular weight excluding hydrogens is 543 g/mol. The lowest BCUT2D eigenvalue weighted by Crippen LogP contribution is -2.37. The van der Waals surface area contributed by atoms with Crippen LogP contribution in [0.4, 0.5) is 14.9 Å². The van der Waals surface area contributed by atoms with E-state index in [1.807, 2.05) is 13.8 Å². The average molecular weight is 583 g/mol. The molecule has 12 heteroatoms. The molecule has 3 N–H and O–H groups in total. The number of H-pyrrole nitrogens is 1. The molecule has 0 spiro atoms. The quantitative estimate of drug-likeness (QED) is 0.276. The third-order valence-corrected chi connectivity index (χ3v) is 6.93. The Labute approximate surface area is 244 Å². The molecular formula is C30H39FN6O5. The summed E-state index contributed by atoms with van der Waals surface area (Å²) < 4.78 is 16.0. The fourth-order valence-electron chi connectivity index (χ4n) is 4.56. The fourth-order valence-corrected chi connectivity index (χ4v) is 4.56. The van der Waals surface area contributed by atoms with E-state index in [1.165, 1.54) is 34.9 Å². The number of nitrogens with one attached hydrogen (secondary N) is 2. The summed E-state index contributed by atoms with van der Waals surface area (Å²) in [6.07, 6.45) is 4.21. The fraction of sp³-hybridized carbons (Fsp3) is 0.433. The molecule has 42 heavy (non-hydrogen) atoms. The van der Waals surface area contributed by atoms with Gasteiger partial charge >= 0.3 is 6.09 Å². The molecule has 3 aromatic rings. The van der Waals surface area contributed by atoms with Crippen LogP contribution >= 0.6 is 0 Å². The zero-order valence-corrected chi connectivity index (χ0v) is 24.9. The van der Waals surface area contributed by atoms with Crippen LogP contribution in [0.3, 0.4) is 0 Å². The van der Waals surface area contributed by atoms with Crippen LogP contribution in [0, 0.1) is 24.6 Å². The molecule has 3 aromatic heterocycles. The lowest BCUT2D eigenvalue weighted by molar-refractivity contribution is -0.123. The number of carbonyl (C=O) groups is 3. The van der Waals surface area contributed by atoms with Crippen molar-refractivity contribution in [1.82, 2.24) is 24.3 Å². The molecule has 0 saturated heterocycles. The Hall–Kier alpha value is -4.48. The molecule has 0 fully saturated rings. The summed E-state index contributed by atoms with van der Waals surface area (Å²) in [6.45, 7) is 5.83. The number of hydrogen-bond donors (Lipinski definition) is 3. The van der Waals surface area contributed by atoms with Crippen molar-refractivity contribution in [3.8, 4) is 0 Å². The third kappa shape index (κ3) is 8.05. The van der Waals surface area contributed by atoms with Gasteiger partial charge in [-0.2, -0.15) is 0 Å². The van der Waals surface area contributed by atoms with E-state index in [9.17, 15) is 28.7 Å². The topological polar surface area (TPSA) is 141 Å². The van der Waals surface area contributed by atoms with E-state index >= 15 is 0 Å². The van der Waals surface area contributed by atoms with E-state index in [-0.39, 0.29) is 42.8 Å². The maximum absolute atomic E-state index is 14.5. The summed E-state index contributed by atoms with van der Waals surface area (Å²) in [4.78, 5) is 59.8. The van der Waals surface area contributed by atoms with Crippen molar-refractivity contribution in [3.05, 3.63) is 69.7 Å². The maximum Gasteiger partial charge on any atom is 0.407 e. The monoisotopic (exact) mass is 582 g/mol. The molecule has 3 rings (SSSR count). The molecule has 0 bridgehead atoms. The van der Waals surface area contributed by atoms with E-state index in [0.717, 1.165) is 4.90 Å². The minimum Gasteiger partial charge on any atom is -0.465 e. The van der Waals surface area contributed by atoms with Crippen molar-refractivity contribution in [1.29, 1.82) is 0 Å². The number of allylic oxidation sites excluding steroid dienone is 1. The smallest absolute Gasteiger partial charge is 0.407 e. The molecule has 0 aromatic carbocycles. The Kier molecular flexibility index (Phi) is 10.6. The van der Waals surface area contributed by atoms with E-state index in [2.05, 4.69) is 15.3 Å². The minimum absolute atomic E-state index is 0.0488. The number of carbonyl (C=O) groups excluding carboxylic acids is 2. The van der Waals surface area contributed by atoms with Crippen molar-refractivity contribution in [2.75, 3.05) is 33.0 Å². The van der Waals surface area contributed by atoms with Crippen LogP contribution in [0.2, 0.25) is 0 Å². The van der Waals surface area contributed by atoms with Gasteiger partial charge in [-0.05, 0) is 56.4 Å². The second-order valence-corrected chi connectivity index (χ2v) is 11.1. The number of rotatable bonds is 12. The zero-order valence-electron chi connectivity index (χ0n) is 24.9. The van der Waals surface area contributed by atoms with Crippen LogP contribution in [0.25, 0.3) is 11.0 Å². The van der Waals surface area contributed by atoms with Crippen LogP contribution in [0.5, 0.6) is 0 Å². The number of carboxylic acid groups (broad SMARTS) is 1. The van der Waals surface area contributed by atoms with Gasteiger partial charge in [0.05, 0.1) is 29.7 Å². The Morgan fingerprint density at radius 2 is 1.93 bits per heavy atom. The molecule has 0 radical (unpaired) electrons. The van der Waals surface area contributed by atoms with Gasteiger partial charge in [0.25, 0.3) is 5.56 Å². The highest BCUT2D eigenvalue weighted by atomic mass is 19.1. The Morgan fingerprint density at radius 3 is 2.57 bits per heavy atom. The van der Waals surface area contributed by atoms with Gasteiger partial charge in [-0.1, -0.05) is 19.9 Å². The summed E-state index contributed by atoms with van der Waals surface area (Å²) in [5, 5.41) is 12.0. The second kappa shape index (κ2) is 13.9. The maximum atomic E-state index is 14.5. The number of hydrogen-bond acceptors (Lipinski definition) is 5. The van der Waals surface area contributed by atoms with Crippen LogP contribution < -0.4 is 10.9 Å². The van der Waals surface area contributed by atoms with Gasteiger partial charge in [0, 0.05) is 44.6 Å². The van der Waals surface area contributed by atoms with Crippen LogP contribution in [0.15, 0.2) is 41.3 Å². The summed E-state index contributed by atoms with van der Waals surface area (Å²) in [5.41, 5.74) is 2.66. The predicted octanol–water partition coefficient (Wildman–Crippen LogP) is 4.01. The van der Waals surface area contributed by atoms with Crippen molar-refractivity contribution in [2.45, 2.75) is 46.6 Å². The van der Waals surface area contributed by atoms with Crippen LogP contribution in [-0.4, -0.2) is 75.0 Å². The first kappa shape index (κ1) is 32.0. The zero-order chi connectivity index (χ0) is 31.1. The minimum atomic E-state index is -1.19. The number of halogens is 1. The first-order chi connectivity index (χ1) is 19.8. The molecule has 3 heterocycles. The van der Waals surface area contributed by atoms with E-state index < -0.39 is 23.5 Å². The number of anilines is 1. The van der Waals surface area contributed by atoms with Crippen LogP contribution in [0.1, 0.15) is 43.6 Å². The molecule has 0 saturated carbocycles. The number of aromatic amines is 1. The lowest BCUT2D eigenvalue weighted by atomic mass is 10.0. The highest BCUT2D eigenvalue weighted by molar-refractivity contribution is 5.93. The third-order valence-electron chi connectivity index (χ3n) is 6.93. The molecule has 0 aliphatic carbocycles. The molecule has 3 amide bonds. The van der Waals surface area contributed by atoms with Crippen LogP contribution in [-0.2, 0) is 22.6 Å². The number of nitrogens with zero attached hydrogens (tertiary/aromatic N) is 4. The van der Waals surface area contributed by atoms with Gasteiger partial charge in [-0.25, -0.2) is 9.18 Å². The average Bonchev–Trinajstić information content (AvgIpc) is 3.34. The van der Waals surface area contributed by atoms with Crippen molar-refractivity contribution >= 4 is 34.6 Å². The highest BCUT2D eigenvalue weighted by Crippen LogP contribution is 2.23. The van der Waals surface area contributed by atoms with Crippen molar-refractivity contribution < 1.29 is 23.9 Å². The van der Waals surface area contributed by atoms with Crippen molar-refractivity contribution in [3.63, 3.8) is 0 Å². The summed E-state index contributed by atoms with van der Waals surface area (Å²) in [6, 6.07) is 5.00. The molecule has 0 aliphatic rings. The summed E-state index contributed by atoms with van der Waals surface area (Å²) in [7, 11) is 4.61. The van der Waals surface area contributed by atoms with Gasteiger partial charge in [0.15, 0.2) is 0 Å². The first-order valence-electron chi connectivity index (χ1n) is 13.8. The van der Waals surface area contributed by atoms with Crippen molar-refractivity contribution in [2.24, 2.45) is 11.8 Å². The van der Waals surface area contributed by atoms with E-state index in [4.69, 9.17) is 0 Å². The Balaban J connectivity index is 1.84.